The van der Waals surface area contributed by atoms with E-state index in [1.807, 2.05) is 13.1 Å². The van der Waals surface area contributed by atoms with Crippen molar-refractivity contribution in [1.82, 2.24) is 24.4 Å². The summed E-state index contributed by atoms with van der Waals surface area (Å²) in [6.07, 6.45) is 5.99. The van der Waals surface area contributed by atoms with Gasteiger partial charge in [-0.15, -0.1) is 0 Å². The van der Waals surface area contributed by atoms with Gasteiger partial charge < -0.3 is 14.2 Å². The van der Waals surface area contributed by atoms with Gasteiger partial charge in [0, 0.05) is 57.2 Å². The molecule has 0 N–H and O–H groups in total. The van der Waals surface area contributed by atoms with E-state index in [1.165, 1.54) is 5.69 Å². The smallest absolute Gasteiger partial charge is 0.135 e. The first-order valence-electron chi connectivity index (χ1n) is 9.05. The van der Waals surface area contributed by atoms with Crippen molar-refractivity contribution in [3.05, 3.63) is 35.8 Å². The molecule has 7 heteroatoms. The monoisotopic (exact) mass is 342 g/mol. The fraction of sp³-hybridized carbons (Fsp3) is 0.611. The molecule has 4 heterocycles. The lowest BCUT2D eigenvalue weighted by Gasteiger charge is -2.37. The number of likely N-dealkylation sites (tertiary alicyclic amines) is 1. The van der Waals surface area contributed by atoms with Gasteiger partial charge in [0.1, 0.15) is 24.6 Å². The van der Waals surface area contributed by atoms with E-state index >= 15 is 0 Å². The summed E-state index contributed by atoms with van der Waals surface area (Å²) in [6.45, 7) is 7.57. The van der Waals surface area contributed by atoms with Crippen molar-refractivity contribution < 1.29 is 4.74 Å². The second-order valence-electron chi connectivity index (χ2n) is 7.01. The van der Waals surface area contributed by atoms with E-state index in [1.54, 1.807) is 6.33 Å². The molecule has 2 aliphatic heterocycles. The Morgan fingerprint density at radius 3 is 2.84 bits per heavy atom. The highest BCUT2D eigenvalue weighted by atomic mass is 16.5. The Kier molecular flexibility index (Phi) is 4.67. The van der Waals surface area contributed by atoms with Crippen LogP contribution in [0.25, 0.3) is 0 Å². The van der Waals surface area contributed by atoms with Crippen LogP contribution in [0.4, 0.5) is 5.82 Å². The van der Waals surface area contributed by atoms with Crippen molar-refractivity contribution in [3.8, 4) is 0 Å². The normalized spacial score (nSPS) is 19.0. The van der Waals surface area contributed by atoms with Crippen molar-refractivity contribution in [2.75, 3.05) is 31.6 Å². The van der Waals surface area contributed by atoms with Crippen molar-refractivity contribution >= 4 is 5.82 Å². The minimum absolute atomic E-state index is 0.540. The second kappa shape index (κ2) is 7.09. The number of aromatic nitrogens is 4. The highest BCUT2D eigenvalue weighted by Crippen LogP contribution is 2.22. The third-order valence-electron chi connectivity index (χ3n) is 5.35. The molecule has 25 heavy (non-hydrogen) atoms. The van der Waals surface area contributed by atoms with Crippen LogP contribution in [0.3, 0.4) is 0 Å². The maximum Gasteiger partial charge on any atom is 0.135 e. The van der Waals surface area contributed by atoms with E-state index in [4.69, 9.17) is 4.74 Å². The van der Waals surface area contributed by atoms with Crippen molar-refractivity contribution in [1.29, 1.82) is 0 Å². The predicted molar refractivity (Wildman–Crippen MR) is 95.4 cm³/mol. The Morgan fingerprint density at radius 2 is 2.04 bits per heavy atom. The zero-order chi connectivity index (χ0) is 17.2. The molecular formula is C18H26N6O. The van der Waals surface area contributed by atoms with E-state index in [9.17, 15) is 0 Å². The number of fused-ring (bicyclic) bond motifs is 1. The summed E-state index contributed by atoms with van der Waals surface area (Å²) < 4.78 is 7.80. The molecule has 134 valence electrons. The average Bonchev–Trinajstić information content (AvgIpc) is 3.05. The Hall–Kier alpha value is -1.99. The van der Waals surface area contributed by atoms with Crippen LogP contribution in [0.15, 0.2) is 18.6 Å². The largest absolute Gasteiger partial charge is 0.372 e. The van der Waals surface area contributed by atoms with Crippen molar-refractivity contribution in [2.24, 2.45) is 0 Å². The fourth-order valence-electron chi connectivity index (χ4n) is 3.80. The first kappa shape index (κ1) is 16.5. The third-order valence-corrected chi connectivity index (χ3v) is 5.35. The van der Waals surface area contributed by atoms with Gasteiger partial charge in [0.25, 0.3) is 0 Å². The number of ether oxygens (including phenoxy) is 1. The first-order chi connectivity index (χ1) is 12.2. The van der Waals surface area contributed by atoms with Gasteiger partial charge in [0.05, 0.1) is 12.3 Å². The fourth-order valence-corrected chi connectivity index (χ4v) is 3.80. The highest BCUT2D eigenvalue weighted by Gasteiger charge is 2.25. The van der Waals surface area contributed by atoms with Crippen LogP contribution in [0.2, 0.25) is 0 Å². The Labute approximate surface area is 148 Å². The molecule has 2 aromatic heterocycles. The van der Waals surface area contributed by atoms with Crippen LogP contribution in [-0.2, 0) is 24.4 Å². The molecule has 0 atom stereocenters. The number of hydrogen-bond donors (Lipinski definition) is 0. The van der Waals surface area contributed by atoms with E-state index in [2.05, 4.69) is 42.4 Å². The molecule has 0 aromatic carbocycles. The van der Waals surface area contributed by atoms with Gasteiger partial charge in [-0.05, 0) is 19.8 Å². The van der Waals surface area contributed by atoms with Crippen LogP contribution in [0.1, 0.15) is 30.1 Å². The van der Waals surface area contributed by atoms with Gasteiger partial charge in [-0.3, -0.25) is 4.90 Å². The lowest BCUT2D eigenvalue weighted by Crippen LogP contribution is -2.43. The molecule has 0 bridgehead atoms. The van der Waals surface area contributed by atoms with Gasteiger partial charge in [-0.2, -0.15) is 0 Å². The summed E-state index contributed by atoms with van der Waals surface area (Å²) in [5.41, 5.74) is 2.33. The van der Waals surface area contributed by atoms with E-state index in [0.29, 0.717) is 12.6 Å². The molecule has 2 aromatic rings. The van der Waals surface area contributed by atoms with Crippen LogP contribution >= 0.6 is 0 Å². The number of hydrogen-bond acceptors (Lipinski definition) is 6. The molecular weight excluding hydrogens is 316 g/mol. The zero-order valence-electron chi connectivity index (χ0n) is 15.1. The Balaban J connectivity index is 1.35. The molecule has 0 radical (unpaired) electrons. The summed E-state index contributed by atoms with van der Waals surface area (Å²) in [5.74, 6) is 2.09. The quantitative estimate of drug-likeness (QED) is 0.841. The van der Waals surface area contributed by atoms with E-state index in [-0.39, 0.29) is 0 Å². The van der Waals surface area contributed by atoms with Crippen LogP contribution in [-0.4, -0.2) is 57.2 Å². The maximum absolute atomic E-state index is 5.48. The number of piperidine rings is 1. The maximum atomic E-state index is 5.48. The van der Waals surface area contributed by atoms with Gasteiger partial charge in [0.2, 0.25) is 0 Å². The standard InChI is InChI=1S/C18H26N6O/c1-14-9-17(21-13-20-14)22(2)15-3-5-23(6-4-15)11-16-10-19-18-12-25-8-7-24(16)18/h9-10,13,15H,3-8,11-12H2,1-2H3. The van der Waals surface area contributed by atoms with Gasteiger partial charge in [-0.25, -0.2) is 15.0 Å². The van der Waals surface area contributed by atoms with Crippen molar-refractivity contribution in [3.63, 3.8) is 0 Å². The summed E-state index contributed by atoms with van der Waals surface area (Å²) >= 11 is 0. The first-order valence-corrected chi connectivity index (χ1v) is 9.05. The van der Waals surface area contributed by atoms with E-state index < -0.39 is 0 Å². The number of aryl methyl sites for hydroxylation is 1. The van der Waals surface area contributed by atoms with Gasteiger partial charge >= 0.3 is 0 Å². The van der Waals surface area contributed by atoms with Crippen molar-refractivity contribution in [2.45, 2.75) is 45.5 Å². The minimum Gasteiger partial charge on any atom is -0.372 e. The topological polar surface area (TPSA) is 59.3 Å². The Morgan fingerprint density at radius 1 is 1.20 bits per heavy atom. The molecule has 0 unspecified atom stereocenters. The Bertz CT molecular complexity index is 722. The minimum atomic E-state index is 0.540. The van der Waals surface area contributed by atoms with Gasteiger partial charge in [0.15, 0.2) is 0 Å². The lowest BCUT2D eigenvalue weighted by molar-refractivity contribution is 0.0792. The molecule has 1 fully saturated rings. The molecule has 7 nitrogen and oxygen atoms in total. The summed E-state index contributed by atoms with van der Waals surface area (Å²) in [7, 11) is 2.15. The summed E-state index contributed by atoms with van der Waals surface area (Å²) in [6, 6.07) is 2.60. The summed E-state index contributed by atoms with van der Waals surface area (Å²) in [4.78, 5) is 18.0. The molecule has 0 amide bonds. The number of imidazole rings is 1. The highest BCUT2D eigenvalue weighted by molar-refractivity contribution is 5.39. The second-order valence-corrected chi connectivity index (χ2v) is 7.01. The molecule has 2 aliphatic rings. The number of rotatable bonds is 4. The third kappa shape index (κ3) is 3.52. The molecule has 0 saturated carbocycles. The zero-order valence-corrected chi connectivity index (χ0v) is 15.1. The predicted octanol–water partition coefficient (Wildman–Crippen LogP) is 1.61. The number of anilines is 1. The van der Waals surface area contributed by atoms with Crippen LogP contribution in [0.5, 0.6) is 0 Å². The molecule has 1 saturated heterocycles. The molecule has 0 spiro atoms. The van der Waals surface area contributed by atoms with Gasteiger partial charge in [-0.1, -0.05) is 0 Å². The van der Waals surface area contributed by atoms with Crippen LogP contribution in [0, 0.1) is 6.92 Å². The van der Waals surface area contributed by atoms with Crippen LogP contribution < -0.4 is 4.90 Å². The average molecular weight is 342 g/mol. The summed E-state index contributed by atoms with van der Waals surface area (Å²) in [5, 5.41) is 0. The number of nitrogens with zero attached hydrogens (tertiary/aromatic N) is 6. The lowest BCUT2D eigenvalue weighted by atomic mass is 10.0. The van der Waals surface area contributed by atoms with E-state index in [0.717, 1.165) is 63.0 Å². The SMILES string of the molecule is Cc1cc(N(C)C2CCN(Cc3cnc4n3CCOC4)CC2)ncn1. The molecule has 0 aliphatic carbocycles. The molecule has 4 rings (SSSR count).